The van der Waals surface area contributed by atoms with Crippen LogP contribution in [0.5, 0.6) is 0 Å². The van der Waals surface area contributed by atoms with E-state index < -0.39 is 0 Å². The molecule has 0 saturated carbocycles. The Morgan fingerprint density at radius 2 is 1.04 bits per heavy atom. The van der Waals surface area contributed by atoms with Crippen molar-refractivity contribution in [1.82, 2.24) is 0 Å². The van der Waals surface area contributed by atoms with Crippen LogP contribution in [0.2, 0.25) is 0 Å². The van der Waals surface area contributed by atoms with Crippen molar-refractivity contribution in [3.05, 3.63) is 57.6 Å². The predicted molar refractivity (Wildman–Crippen MR) is 100 cm³/mol. The average molecular weight is 461 g/mol. The molecule has 0 fully saturated rings. The maximum Gasteiger partial charge on any atom is 4.00 e. The smallest absolute Gasteiger partial charge is 1.00 e. The Morgan fingerprint density at radius 3 is 1.24 bits per heavy atom. The molecule has 2 rings (SSSR count). The monoisotopic (exact) mass is 458 g/mol. The molecule has 0 aliphatic carbocycles. The van der Waals surface area contributed by atoms with Crippen LogP contribution in [-0.4, -0.2) is 0 Å². The molecule has 0 spiro atoms. The van der Waals surface area contributed by atoms with Gasteiger partial charge >= 0.3 is 26.2 Å². The number of aryl methyl sites for hydroxylation is 6. The van der Waals surface area contributed by atoms with Gasteiger partial charge < -0.3 is 24.8 Å². The van der Waals surface area contributed by atoms with E-state index in [1.165, 1.54) is 71.9 Å². The standard InChI is InChI=1S/2C11H17.2ClH.Zr/c2*1-4-5-6-11-7-9(2)10(3)8-11;;;/h2*7-8H,4-6H2,1-3H3;2*1H;/q2*-1;;;+4/p-2. The molecular formula is C22H34Cl2Zr. The van der Waals surface area contributed by atoms with Crippen LogP contribution in [0, 0.1) is 27.7 Å². The quantitative estimate of drug-likeness (QED) is 0.558. The van der Waals surface area contributed by atoms with Gasteiger partial charge in [0.05, 0.1) is 0 Å². The van der Waals surface area contributed by atoms with Gasteiger partial charge in [-0.1, -0.05) is 80.1 Å². The SMILES string of the molecule is CCCCc1cc(C)[c-](C)c1.CCCCc1cc(C)[c-](C)c1.[Cl-].[Cl-].[Zr+4]. The van der Waals surface area contributed by atoms with Crippen LogP contribution in [0.4, 0.5) is 0 Å². The van der Waals surface area contributed by atoms with Crippen LogP contribution >= 0.6 is 0 Å². The van der Waals surface area contributed by atoms with Gasteiger partial charge in [0.15, 0.2) is 0 Å². The van der Waals surface area contributed by atoms with Crippen molar-refractivity contribution in [2.75, 3.05) is 0 Å². The molecule has 0 saturated heterocycles. The van der Waals surface area contributed by atoms with E-state index in [2.05, 4.69) is 65.8 Å². The zero-order valence-electron chi connectivity index (χ0n) is 16.8. The van der Waals surface area contributed by atoms with E-state index in [0.29, 0.717) is 0 Å². The van der Waals surface area contributed by atoms with Gasteiger partial charge in [-0.25, -0.2) is 12.1 Å². The molecule has 3 heteroatoms. The first-order valence-electron chi connectivity index (χ1n) is 8.93. The number of hydrogen-bond donors (Lipinski definition) is 0. The third kappa shape index (κ3) is 11.5. The van der Waals surface area contributed by atoms with Crippen molar-refractivity contribution in [3.8, 4) is 0 Å². The van der Waals surface area contributed by atoms with Gasteiger partial charge in [-0.3, -0.25) is 0 Å². The summed E-state index contributed by atoms with van der Waals surface area (Å²) in [6.07, 6.45) is 7.74. The van der Waals surface area contributed by atoms with Crippen LogP contribution in [0.1, 0.15) is 72.9 Å². The molecule has 0 aliphatic heterocycles. The zero-order valence-corrected chi connectivity index (χ0v) is 20.8. The molecule has 0 nitrogen and oxygen atoms in total. The minimum atomic E-state index is 0. The van der Waals surface area contributed by atoms with Crippen LogP contribution in [0.25, 0.3) is 0 Å². The average Bonchev–Trinajstić information content (AvgIpc) is 2.98. The van der Waals surface area contributed by atoms with Crippen LogP contribution in [0.15, 0.2) is 24.3 Å². The molecular weight excluding hydrogens is 426 g/mol. The van der Waals surface area contributed by atoms with Gasteiger partial charge in [0.2, 0.25) is 0 Å². The van der Waals surface area contributed by atoms with E-state index in [0.717, 1.165) is 0 Å². The molecule has 0 heterocycles. The maximum absolute atomic E-state index is 2.31. The minimum absolute atomic E-state index is 0. The molecule has 2 aromatic carbocycles. The summed E-state index contributed by atoms with van der Waals surface area (Å²) in [5, 5.41) is 0. The summed E-state index contributed by atoms with van der Waals surface area (Å²) in [5.74, 6) is 0. The maximum atomic E-state index is 2.31. The Labute approximate surface area is 187 Å². The molecule has 0 N–H and O–H groups in total. The number of halogens is 2. The predicted octanol–water partition coefficient (Wildman–Crippen LogP) is 0.735. The normalized spacial score (nSPS) is 9.20. The first-order valence-corrected chi connectivity index (χ1v) is 8.93. The molecule has 0 unspecified atom stereocenters. The molecule has 140 valence electrons. The topological polar surface area (TPSA) is 0 Å². The summed E-state index contributed by atoms with van der Waals surface area (Å²) in [4.78, 5) is 0. The molecule has 0 aliphatic rings. The number of hydrogen-bond acceptors (Lipinski definition) is 0. The Morgan fingerprint density at radius 1 is 0.720 bits per heavy atom. The van der Waals surface area contributed by atoms with Crippen molar-refractivity contribution in [2.24, 2.45) is 0 Å². The molecule has 0 bridgehead atoms. The summed E-state index contributed by atoms with van der Waals surface area (Å²) in [5.41, 5.74) is 8.79. The zero-order chi connectivity index (χ0) is 16.5. The number of rotatable bonds is 6. The third-order valence-corrected chi connectivity index (χ3v) is 4.49. The molecule has 0 radical (unpaired) electrons. The summed E-state index contributed by atoms with van der Waals surface area (Å²) >= 11 is 0. The second-order valence-corrected chi connectivity index (χ2v) is 6.67. The molecule has 0 atom stereocenters. The van der Waals surface area contributed by atoms with E-state index in [1.54, 1.807) is 0 Å². The summed E-state index contributed by atoms with van der Waals surface area (Å²) in [6.45, 7) is 13.2. The Bertz CT molecular complexity index is 463. The van der Waals surface area contributed by atoms with Crippen molar-refractivity contribution in [3.63, 3.8) is 0 Å². The van der Waals surface area contributed by atoms with Crippen LogP contribution < -0.4 is 24.8 Å². The molecule has 2 aromatic rings. The Balaban J connectivity index is -0.000000346. The third-order valence-electron chi connectivity index (χ3n) is 4.49. The van der Waals surface area contributed by atoms with Crippen molar-refractivity contribution in [1.29, 1.82) is 0 Å². The van der Waals surface area contributed by atoms with Crippen molar-refractivity contribution >= 4 is 0 Å². The largest absolute Gasteiger partial charge is 4.00 e. The first-order chi connectivity index (χ1) is 10.5. The van der Waals surface area contributed by atoms with Crippen molar-refractivity contribution in [2.45, 2.75) is 80.1 Å². The fourth-order valence-corrected chi connectivity index (χ4v) is 2.70. The Hall–Kier alpha value is 0.163. The first kappa shape index (κ1) is 29.9. The van der Waals surface area contributed by atoms with E-state index in [-0.39, 0.29) is 51.0 Å². The summed E-state index contributed by atoms with van der Waals surface area (Å²) in [7, 11) is 0. The van der Waals surface area contributed by atoms with E-state index >= 15 is 0 Å². The van der Waals surface area contributed by atoms with E-state index in [4.69, 9.17) is 0 Å². The van der Waals surface area contributed by atoms with Gasteiger partial charge in [-0.2, -0.15) is 45.5 Å². The van der Waals surface area contributed by atoms with Gasteiger partial charge in [0.25, 0.3) is 0 Å². The van der Waals surface area contributed by atoms with Gasteiger partial charge in [0.1, 0.15) is 0 Å². The fourth-order valence-electron chi connectivity index (χ4n) is 2.70. The second-order valence-electron chi connectivity index (χ2n) is 6.67. The van der Waals surface area contributed by atoms with E-state index in [9.17, 15) is 0 Å². The van der Waals surface area contributed by atoms with E-state index in [1.807, 2.05) is 0 Å². The van der Waals surface area contributed by atoms with Crippen LogP contribution in [-0.2, 0) is 39.0 Å². The van der Waals surface area contributed by atoms with Gasteiger partial charge in [0, 0.05) is 0 Å². The second kappa shape index (κ2) is 16.3. The molecule has 0 amide bonds. The minimum Gasteiger partial charge on any atom is -1.00 e. The van der Waals surface area contributed by atoms with Crippen molar-refractivity contribution < 1.29 is 51.0 Å². The van der Waals surface area contributed by atoms with Crippen LogP contribution in [0.3, 0.4) is 0 Å². The van der Waals surface area contributed by atoms with Gasteiger partial charge in [-0.15, -0.1) is 0 Å². The number of unbranched alkanes of at least 4 members (excludes halogenated alkanes) is 2. The fraction of sp³-hybridized carbons (Fsp3) is 0.545. The molecule has 25 heavy (non-hydrogen) atoms. The van der Waals surface area contributed by atoms with Gasteiger partial charge in [-0.05, 0) is 0 Å². The summed E-state index contributed by atoms with van der Waals surface area (Å²) in [6, 6.07) is 9.24. The summed E-state index contributed by atoms with van der Waals surface area (Å²) < 4.78 is 0. The Kier molecular flexibility index (Phi) is 19.6. The molecule has 0 aromatic heterocycles.